The molecule has 4 heteroatoms. The monoisotopic (exact) mass is 284 g/mol. The second kappa shape index (κ2) is 5.95. The zero-order valence-electron chi connectivity index (χ0n) is 11.7. The van der Waals surface area contributed by atoms with E-state index in [-0.39, 0.29) is 18.3 Å². The molecule has 2 aromatic carbocycles. The highest BCUT2D eigenvalue weighted by Gasteiger charge is 2.17. The second-order valence-corrected chi connectivity index (χ2v) is 5.14. The quantitative estimate of drug-likeness (QED) is 0.909. The lowest BCUT2D eigenvalue weighted by Gasteiger charge is -2.20. The van der Waals surface area contributed by atoms with E-state index in [0.717, 1.165) is 30.6 Å². The van der Waals surface area contributed by atoms with Crippen molar-refractivity contribution >= 4 is 11.6 Å². The van der Waals surface area contributed by atoms with Crippen molar-refractivity contribution in [2.24, 2.45) is 0 Å². The summed E-state index contributed by atoms with van der Waals surface area (Å²) in [6, 6.07) is 12.2. The number of hydrogen-bond acceptors (Lipinski definition) is 2. The van der Waals surface area contributed by atoms with Gasteiger partial charge in [0.05, 0.1) is 0 Å². The summed E-state index contributed by atoms with van der Waals surface area (Å²) < 4.78 is 13.6. The van der Waals surface area contributed by atoms with Gasteiger partial charge in [-0.25, -0.2) is 4.39 Å². The second-order valence-electron chi connectivity index (χ2n) is 5.14. The van der Waals surface area contributed by atoms with Crippen LogP contribution in [0.1, 0.15) is 27.9 Å². The number of amides is 1. The Hall–Kier alpha value is -2.36. The number of carbonyl (C=O) groups excluding carboxylic acids is 1. The molecule has 0 radical (unpaired) electrons. The summed E-state index contributed by atoms with van der Waals surface area (Å²) in [7, 11) is 0. The van der Waals surface area contributed by atoms with Crippen molar-refractivity contribution in [3.05, 3.63) is 65.0 Å². The lowest BCUT2D eigenvalue weighted by molar-refractivity contribution is 0.0949. The Balaban J connectivity index is 1.76. The van der Waals surface area contributed by atoms with Crippen LogP contribution in [0.2, 0.25) is 0 Å². The minimum Gasteiger partial charge on any atom is -0.385 e. The molecule has 0 spiro atoms. The SMILES string of the molecule is O=C(NCc1ccccc1F)c1cccc2c1CCCN2. The van der Waals surface area contributed by atoms with Gasteiger partial charge >= 0.3 is 0 Å². The van der Waals surface area contributed by atoms with Gasteiger partial charge in [-0.1, -0.05) is 24.3 Å². The van der Waals surface area contributed by atoms with Crippen molar-refractivity contribution in [1.29, 1.82) is 0 Å². The molecule has 2 N–H and O–H groups in total. The Labute approximate surface area is 123 Å². The summed E-state index contributed by atoms with van der Waals surface area (Å²) >= 11 is 0. The molecule has 0 aliphatic carbocycles. The molecule has 21 heavy (non-hydrogen) atoms. The topological polar surface area (TPSA) is 41.1 Å². The van der Waals surface area contributed by atoms with Gasteiger partial charge in [0.1, 0.15) is 5.82 Å². The lowest BCUT2D eigenvalue weighted by Crippen LogP contribution is -2.26. The maximum absolute atomic E-state index is 13.6. The van der Waals surface area contributed by atoms with Crippen LogP contribution < -0.4 is 10.6 Å². The number of carbonyl (C=O) groups is 1. The van der Waals surface area contributed by atoms with Gasteiger partial charge in [-0.2, -0.15) is 0 Å². The van der Waals surface area contributed by atoms with Gasteiger partial charge in [0, 0.05) is 29.9 Å². The van der Waals surface area contributed by atoms with Crippen LogP contribution in [-0.2, 0) is 13.0 Å². The fourth-order valence-corrected chi connectivity index (χ4v) is 2.64. The summed E-state index contributed by atoms with van der Waals surface area (Å²) in [4.78, 5) is 12.3. The first-order valence-electron chi connectivity index (χ1n) is 7.13. The molecule has 0 bridgehead atoms. The molecule has 1 heterocycles. The van der Waals surface area contributed by atoms with E-state index < -0.39 is 0 Å². The average Bonchev–Trinajstić information content (AvgIpc) is 2.53. The van der Waals surface area contributed by atoms with E-state index in [1.54, 1.807) is 18.2 Å². The molecule has 0 saturated heterocycles. The summed E-state index contributed by atoms with van der Waals surface area (Å²) in [6.45, 7) is 1.13. The van der Waals surface area contributed by atoms with E-state index in [1.165, 1.54) is 6.07 Å². The van der Waals surface area contributed by atoms with Crippen molar-refractivity contribution in [2.75, 3.05) is 11.9 Å². The molecule has 0 saturated carbocycles. The van der Waals surface area contributed by atoms with Gasteiger partial charge in [0.15, 0.2) is 0 Å². The molecule has 1 amide bonds. The zero-order chi connectivity index (χ0) is 14.7. The van der Waals surface area contributed by atoms with Gasteiger partial charge < -0.3 is 10.6 Å². The molecule has 108 valence electrons. The number of benzene rings is 2. The molecule has 0 aromatic heterocycles. The standard InChI is InChI=1S/C17H17FN2O/c18-15-8-2-1-5-12(15)11-20-17(21)14-6-3-9-16-13(14)7-4-10-19-16/h1-3,5-6,8-9,19H,4,7,10-11H2,(H,20,21). The molecule has 3 nitrogen and oxygen atoms in total. The third-order valence-corrected chi connectivity index (χ3v) is 3.74. The first-order valence-corrected chi connectivity index (χ1v) is 7.13. The number of halogens is 1. The van der Waals surface area contributed by atoms with Crippen LogP contribution in [0.15, 0.2) is 42.5 Å². The van der Waals surface area contributed by atoms with E-state index in [4.69, 9.17) is 0 Å². The predicted octanol–water partition coefficient (Wildman–Crippen LogP) is 3.11. The van der Waals surface area contributed by atoms with E-state index in [1.807, 2.05) is 18.2 Å². The van der Waals surface area contributed by atoms with Gasteiger partial charge in [-0.05, 0) is 36.6 Å². The molecular formula is C17H17FN2O. The van der Waals surface area contributed by atoms with Crippen molar-refractivity contribution in [2.45, 2.75) is 19.4 Å². The van der Waals surface area contributed by atoms with Crippen molar-refractivity contribution in [1.82, 2.24) is 5.32 Å². The number of nitrogens with one attached hydrogen (secondary N) is 2. The van der Waals surface area contributed by atoms with Crippen molar-refractivity contribution in [3.8, 4) is 0 Å². The van der Waals surface area contributed by atoms with E-state index in [0.29, 0.717) is 11.1 Å². The zero-order valence-corrected chi connectivity index (χ0v) is 11.7. The lowest BCUT2D eigenvalue weighted by atomic mass is 9.97. The molecule has 0 unspecified atom stereocenters. The van der Waals surface area contributed by atoms with Gasteiger partial charge in [0.2, 0.25) is 0 Å². The molecule has 0 atom stereocenters. The number of anilines is 1. The molecule has 3 rings (SSSR count). The van der Waals surface area contributed by atoms with Crippen LogP contribution in [0.5, 0.6) is 0 Å². The van der Waals surface area contributed by atoms with E-state index >= 15 is 0 Å². The smallest absolute Gasteiger partial charge is 0.251 e. The van der Waals surface area contributed by atoms with Crippen molar-refractivity contribution < 1.29 is 9.18 Å². The average molecular weight is 284 g/mol. The normalized spacial score (nSPS) is 13.2. The van der Waals surface area contributed by atoms with Gasteiger partial charge in [0.25, 0.3) is 5.91 Å². The summed E-state index contributed by atoms with van der Waals surface area (Å²) in [6.07, 6.45) is 1.91. The van der Waals surface area contributed by atoms with E-state index in [9.17, 15) is 9.18 Å². The molecule has 2 aromatic rings. The maximum atomic E-state index is 13.6. The first-order chi connectivity index (χ1) is 10.3. The third kappa shape index (κ3) is 2.89. The third-order valence-electron chi connectivity index (χ3n) is 3.74. The molecule has 1 aliphatic heterocycles. The highest BCUT2D eigenvalue weighted by Crippen LogP contribution is 2.25. The summed E-state index contributed by atoms with van der Waals surface area (Å²) in [5.74, 6) is -0.451. The molecule has 1 aliphatic rings. The predicted molar refractivity (Wildman–Crippen MR) is 80.8 cm³/mol. The van der Waals surface area contributed by atoms with Crippen LogP contribution in [0.3, 0.4) is 0 Å². The Morgan fingerprint density at radius 1 is 1.19 bits per heavy atom. The highest BCUT2D eigenvalue weighted by molar-refractivity contribution is 5.97. The largest absolute Gasteiger partial charge is 0.385 e. The fraction of sp³-hybridized carbons (Fsp3) is 0.235. The Bertz CT molecular complexity index is 670. The maximum Gasteiger partial charge on any atom is 0.251 e. The van der Waals surface area contributed by atoms with Crippen LogP contribution in [0.25, 0.3) is 0 Å². The van der Waals surface area contributed by atoms with Crippen LogP contribution >= 0.6 is 0 Å². The van der Waals surface area contributed by atoms with Gasteiger partial charge in [-0.3, -0.25) is 4.79 Å². The summed E-state index contributed by atoms with van der Waals surface area (Å²) in [5.41, 5.74) is 3.25. The Kier molecular flexibility index (Phi) is 3.86. The number of fused-ring (bicyclic) bond motifs is 1. The first kappa shape index (κ1) is 13.6. The van der Waals surface area contributed by atoms with Crippen molar-refractivity contribution in [3.63, 3.8) is 0 Å². The minimum atomic E-state index is -0.297. The highest BCUT2D eigenvalue weighted by atomic mass is 19.1. The Morgan fingerprint density at radius 3 is 2.90 bits per heavy atom. The Morgan fingerprint density at radius 2 is 2.05 bits per heavy atom. The minimum absolute atomic E-state index is 0.154. The molecular weight excluding hydrogens is 267 g/mol. The molecule has 0 fully saturated rings. The number of rotatable bonds is 3. The van der Waals surface area contributed by atoms with Crippen LogP contribution in [0.4, 0.5) is 10.1 Å². The van der Waals surface area contributed by atoms with E-state index in [2.05, 4.69) is 10.6 Å². The summed E-state index contributed by atoms with van der Waals surface area (Å²) in [5, 5.41) is 6.10. The van der Waals surface area contributed by atoms with Crippen LogP contribution in [0, 0.1) is 5.82 Å². The van der Waals surface area contributed by atoms with Crippen LogP contribution in [-0.4, -0.2) is 12.5 Å². The fourth-order valence-electron chi connectivity index (χ4n) is 2.64. The number of hydrogen-bond donors (Lipinski definition) is 2. The van der Waals surface area contributed by atoms with Gasteiger partial charge in [-0.15, -0.1) is 0 Å².